The number of urea groups is 1. The molecular weight excluding hydrogens is 214 g/mol. The van der Waals surface area contributed by atoms with Gasteiger partial charge in [0.2, 0.25) is 5.91 Å². The average Bonchev–Trinajstić information content (AvgIpc) is 2.23. The molecule has 0 aliphatic carbocycles. The Bertz CT molecular complexity index is 427. The number of thiocarbonyl (C=S) groups is 1. The van der Waals surface area contributed by atoms with E-state index in [1.165, 1.54) is 18.1 Å². The lowest BCUT2D eigenvalue weighted by Gasteiger charge is -2.36. The van der Waals surface area contributed by atoms with Crippen LogP contribution >= 0.6 is 12.2 Å². The smallest absolute Gasteiger partial charge is 0.284 e. The van der Waals surface area contributed by atoms with Crippen LogP contribution in [-0.4, -0.2) is 46.5 Å². The molecule has 2 rings (SSSR count). The van der Waals surface area contributed by atoms with Gasteiger partial charge < -0.3 is 0 Å². The van der Waals surface area contributed by atoms with Crippen LogP contribution in [0.25, 0.3) is 0 Å². The van der Waals surface area contributed by atoms with E-state index in [2.05, 4.69) is 4.99 Å². The molecule has 0 bridgehead atoms. The van der Waals surface area contributed by atoms with E-state index in [9.17, 15) is 9.59 Å². The van der Waals surface area contributed by atoms with Crippen LogP contribution < -0.4 is 0 Å². The summed E-state index contributed by atoms with van der Waals surface area (Å²) in [6.07, 6.45) is 3.12. The molecule has 0 N–H and O–H groups in total. The van der Waals surface area contributed by atoms with E-state index in [4.69, 9.17) is 12.2 Å². The van der Waals surface area contributed by atoms with Crippen molar-refractivity contribution in [1.82, 2.24) is 9.80 Å². The molecular formula is C9H9N3O2S. The predicted molar refractivity (Wildman–Crippen MR) is 58.6 cm³/mol. The molecule has 2 aliphatic heterocycles. The van der Waals surface area contributed by atoms with Gasteiger partial charge in [0.1, 0.15) is 11.8 Å². The summed E-state index contributed by atoms with van der Waals surface area (Å²) in [5, 5.41) is 0. The largest absolute Gasteiger partial charge is 0.331 e. The van der Waals surface area contributed by atoms with Crippen molar-refractivity contribution in [3.63, 3.8) is 0 Å². The van der Waals surface area contributed by atoms with Crippen molar-refractivity contribution in [2.75, 3.05) is 14.1 Å². The highest BCUT2D eigenvalue weighted by molar-refractivity contribution is 7.81. The number of amidine groups is 1. The van der Waals surface area contributed by atoms with E-state index in [-0.39, 0.29) is 11.9 Å². The SMILES string of the molecule is CN1C(=O)C2C(=S)C=CN=C2N(C)C1=O. The molecule has 78 valence electrons. The first-order chi connectivity index (χ1) is 7.04. The summed E-state index contributed by atoms with van der Waals surface area (Å²) in [5.41, 5.74) is 0. The molecule has 1 fully saturated rings. The predicted octanol–water partition coefficient (Wildman–Crippen LogP) is 0.422. The number of fused-ring (bicyclic) bond motifs is 1. The van der Waals surface area contributed by atoms with E-state index in [1.807, 2.05) is 0 Å². The summed E-state index contributed by atoms with van der Waals surface area (Å²) < 4.78 is 0. The van der Waals surface area contributed by atoms with Crippen molar-refractivity contribution in [2.24, 2.45) is 10.9 Å². The van der Waals surface area contributed by atoms with Gasteiger partial charge in [0, 0.05) is 25.2 Å². The lowest BCUT2D eigenvalue weighted by molar-refractivity contribution is -0.128. The van der Waals surface area contributed by atoms with Gasteiger partial charge in [-0.05, 0) is 6.08 Å². The van der Waals surface area contributed by atoms with Gasteiger partial charge in [-0.1, -0.05) is 12.2 Å². The quantitative estimate of drug-likeness (QED) is 0.559. The van der Waals surface area contributed by atoms with Crippen molar-refractivity contribution in [2.45, 2.75) is 0 Å². The molecule has 0 saturated carbocycles. The third kappa shape index (κ3) is 1.29. The van der Waals surface area contributed by atoms with Crippen molar-refractivity contribution in [1.29, 1.82) is 0 Å². The molecule has 1 saturated heterocycles. The van der Waals surface area contributed by atoms with Crippen LogP contribution in [0.5, 0.6) is 0 Å². The number of carbonyl (C=O) groups is 2. The maximum Gasteiger partial charge on any atom is 0.331 e. The number of rotatable bonds is 0. The molecule has 5 nitrogen and oxygen atoms in total. The van der Waals surface area contributed by atoms with E-state index >= 15 is 0 Å². The second kappa shape index (κ2) is 3.23. The van der Waals surface area contributed by atoms with Gasteiger partial charge >= 0.3 is 6.03 Å². The first-order valence-electron chi connectivity index (χ1n) is 4.37. The zero-order valence-electron chi connectivity index (χ0n) is 8.30. The first-order valence-corrected chi connectivity index (χ1v) is 4.78. The molecule has 0 aromatic rings. The zero-order valence-corrected chi connectivity index (χ0v) is 9.11. The Morgan fingerprint density at radius 3 is 2.67 bits per heavy atom. The fraction of sp³-hybridized carbons (Fsp3) is 0.333. The van der Waals surface area contributed by atoms with Crippen molar-refractivity contribution in [3.8, 4) is 0 Å². The topological polar surface area (TPSA) is 53.0 Å². The van der Waals surface area contributed by atoms with Gasteiger partial charge in [-0.3, -0.25) is 14.6 Å². The second-order valence-corrected chi connectivity index (χ2v) is 3.85. The Morgan fingerprint density at radius 2 is 2.00 bits per heavy atom. The van der Waals surface area contributed by atoms with Crippen LogP contribution in [-0.2, 0) is 4.79 Å². The van der Waals surface area contributed by atoms with E-state index in [0.29, 0.717) is 10.7 Å². The first kappa shape index (κ1) is 9.97. The molecule has 15 heavy (non-hydrogen) atoms. The van der Waals surface area contributed by atoms with Crippen molar-refractivity contribution in [3.05, 3.63) is 12.3 Å². The van der Waals surface area contributed by atoms with E-state index in [0.717, 1.165) is 4.90 Å². The number of hydrogen-bond acceptors (Lipinski definition) is 4. The third-order valence-corrected chi connectivity index (χ3v) is 2.86. The zero-order chi connectivity index (χ0) is 11.2. The van der Waals surface area contributed by atoms with Crippen LogP contribution in [0, 0.1) is 5.92 Å². The average molecular weight is 223 g/mol. The number of aliphatic imine (C=N–C) groups is 1. The summed E-state index contributed by atoms with van der Waals surface area (Å²) in [6.45, 7) is 0. The molecule has 2 aliphatic rings. The molecule has 2 heterocycles. The number of hydrogen-bond donors (Lipinski definition) is 0. The summed E-state index contributed by atoms with van der Waals surface area (Å²) in [4.78, 5) is 30.3. The van der Waals surface area contributed by atoms with Gasteiger partial charge in [-0.15, -0.1) is 0 Å². The van der Waals surface area contributed by atoms with Crippen LogP contribution in [0.15, 0.2) is 17.3 Å². The summed E-state index contributed by atoms with van der Waals surface area (Å²) in [5.74, 6) is -0.487. The molecule has 1 unspecified atom stereocenters. The Morgan fingerprint density at radius 1 is 1.33 bits per heavy atom. The number of allylic oxidation sites excluding steroid dienone is 1. The normalized spacial score (nSPS) is 25.6. The minimum Gasteiger partial charge on any atom is -0.284 e. The Kier molecular flexibility index (Phi) is 2.15. The summed E-state index contributed by atoms with van der Waals surface area (Å²) >= 11 is 5.07. The van der Waals surface area contributed by atoms with Gasteiger partial charge in [-0.25, -0.2) is 9.79 Å². The van der Waals surface area contributed by atoms with Gasteiger partial charge in [0.15, 0.2) is 0 Å². The van der Waals surface area contributed by atoms with E-state index in [1.54, 1.807) is 13.1 Å². The number of amides is 3. The lowest BCUT2D eigenvalue weighted by Crippen LogP contribution is -2.59. The van der Waals surface area contributed by atoms with Crippen LogP contribution in [0.3, 0.4) is 0 Å². The Balaban J connectivity index is 2.49. The Labute approximate surface area is 92.1 Å². The van der Waals surface area contributed by atoms with Gasteiger partial charge in [0.05, 0.1) is 0 Å². The molecule has 0 aromatic heterocycles. The fourth-order valence-electron chi connectivity index (χ4n) is 1.61. The molecule has 6 heteroatoms. The highest BCUT2D eigenvalue weighted by Crippen LogP contribution is 2.21. The number of nitrogens with zero attached hydrogens (tertiary/aromatic N) is 3. The monoisotopic (exact) mass is 223 g/mol. The highest BCUT2D eigenvalue weighted by atomic mass is 32.1. The van der Waals surface area contributed by atoms with Crippen LogP contribution in [0.2, 0.25) is 0 Å². The second-order valence-electron chi connectivity index (χ2n) is 3.38. The minimum absolute atomic E-state index is 0.314. The van der Waals surface area contributed by atoms with Gasteiger partial charge in [0.25, 0.3) is 0 Å². The number of imide groups is 1. The molecule has 0 radical (unpaired) electrons. The summed E-state index contributed by atoms with van der Waals surface area (Å²) in [7, 11) is 3.03. The minimum atomic E-state index is -0.585. The Hall–Kier alpha value is -1.56. The molecule has 1 atom stereocenters. The standard InChI is InChI=1S/C9H9N3O2S/c1-11-7-6(5(15)3-4-10-7)8(13)12(2)9(11)14/h3-4,6H,1-2H3. The molecule has 0 aromatic carbocycles. The molecule has 3 amide bonds. The lowest BCUT2D eigenvalue weighted by atomic mass is 9.97. The third-order valence-electron chi connectivity index (χ3n) is 2.48. The number of carbonyl (C=O) groups excluding carboxylic acids is 2. The van der Waals surface area contributed by atoms with Crippen molar-refractivity contribution < 1.29 is 9.59 Å². The summed E-state index contributed by atoms with van der Waals surface area (Å²) in [6, 6.07) is -0.381. The maximum atomic E-state index is 11.8. The van der Waals surface area contributed by atoms with Gasteiger partial charge in [-0.2, -0.15) is 0 Å². The highest BCUT2D eigenvalue weighted by Gasteiger charge is 2.42. The van der Waals surface area contributed by atoms with Crippen LogP contribution in [0.1, 0.15) is 0 Å². The van der Waals surface area contributed by atoms with Crippen LogP contribution in [0.4, 0.5) is 4.79 Å². The molecule has 0 spiro atoms. The van der Waals surface area contributed by atoms with E-state index < -0.39 is 5.92 Å². The fourth-order valence-corrected chi connectivity index (χ4v) is 1.88. The maximum absolute atomic E-state index is 11.8. The van der Waals surface area contributed by atoms with Crippen molar-refractivity contribution >= 4 is 34.9 Å².